The van der Waals surface area contributed by atoms with Crippen molar-refractivity contribution < 1.29 is 17.9 Å². The zero-order valence-corrected chi connectivity index (χ0v) is 17.4. The molecule has 0 aromatic heterocycles. The van der Waals surface area contributed by atoms with Crippen molar-refractivity contribution in [2.24, 2.45) is 0 Å². The number of benzene rings is 2. The van der Waals surface area contributed by atoms with Crippen LogP contribution in [0.1, 0.15) is 13.3 Å². The first-order chi connectivity index (χ1) is 12.7. The number of amides is 1. The average Bonchev–Trinajstić information content (AvgIpc) is 2.57. The number of methoxy groups -OCH3 is 1. The molecule has 0 aliphatic carbocycles. The van der Waals surface area contributed by atoms with Crippen LogP contribution in [-0.2, 0) is 14.8 Å². The number of carbonyl (C=O) groups excluding carboxylic acids is 1. The van der Waals surface area contributed by atoms with E-state index in [0.29, 0.717) is 27.2 Å². The van der Waals surface area contributed by atoms with E-state index in [4.69, 9.17) is 27.9 Å². The van der Waals surface area contributed by atoms with Crippen LogP contribution in [0.25, 0.3) is 0 Å². The predicted molar refractivity (Wildman–Crippen MR) is 109 cm³/mol. The largest absolute Gasteiger partial charge is 0.497 e. The molecular weight excluding hydrogens is 411 g/mol. The van der Waals surface area contributed by atoms with E-state index in [1.807, 2.05) is 0 Å². The van der Waals surface area contributed by atoms with Crippen LogP contribution in [0.3, 0.4) is 0 Å². The molecule has 0 unspecified atom stereocenters. The Morgan fingerprint density at radius 1 is 1.15 bits per heavy atom. The van der Waals surface area contributed by atoms with Crippen LogP contribution in [0.15, 0.2) is 42.5 Å². The summed E-state index contributed by atoms with van der Waals surface area (Å²) in [7, 11) is -2.21. The molecule has 9 heteroatoms. The normalized spacial score (nSPS) is 12.3. The molecule has 0 saturated carbocycles. The SMILES string of the molecule is CC[C@H](C(=O)Nc1cc(Cl)cc(Cl)c1)N(c1ccc(OC)cc1)S(C)(=O)=O. The van der Waals surface area contributed by atoms with E-state index in [1.54, 1.807) is 31.2 Å². The minimum Gasteiger partial charge on any atom is -0.497 e. The van der Waals surface area contributed by atoms with Crippen molar-refractivity contribution in [1.29, 1.82) is 0 Å². The number of rotatable bonds is 7. The van der Waals surface area contributed by atoms with Crippen molar-refractivity contribution in [3.05, 3.63) is 52.5 Å². The first-order valence-electron chi connectivity index (χ1n) is 8.06. The number of hydrogen-bond donors (Lipinski definition) is 1. The van der Waals surface area contributed by atoms with Gasteiger partial charge in [-0.15, -0.1) is 0 Å². The lowest BCUT2D eigenvalue weighted by Gasteiger charge is -2.30. The summed E-state index contributed by atoms with van der Waals surface area (Å²) in [4.78, 5) is 12.8. The molecule has 0 saturated heterocycles. The second kappa shape index (κ2) is 8.82. The Hall–Kier alpha value is -1.96. The molecule has 2 aromatic rings. The molecule has 0 bridgehead atoms. The zero-order chi connectivity index (χ0) is 20.2. The fraction of sp³-hybridized carbons (Fsp3) is 0.278. The van der Waals surface area contributed by atoms with Gasteiger partial charge in [0.25, 0.3) is 0 Å². The molecule has 1 atom stereocenters. The first-order valence-corrected chi connectivity index (χ1v) is 10.7. The summed E-state index contributed by atoms with van der Waals surface area (Å²) in [6.07, 6.45) is 1.32. The summed E-state index contributed by atoms with van der Waals surface area (Å²) in [6, 6.07) is 10.1. The second-order valence-corrected chi connectivity index (χ2v) is 8.56. The van der Waals surface area contributed by atoms with Crippen LogP contribution < -0.4 is 14.4 Å². The van der Waals surface area contributed by atoms with Gasteiger partial charge >= 0.3 is 0 Å². The lowest BCUT2D eigenvalue weighted by molar-refractivity contribution is -0.117. The maximum absolute atomic E-state index is 12.8. The Kier molecular flexibility index (Phi) is 6.97. The Bertz CT molecular complexity index is 897. The Balaban J connectivity index is 2.37. The van der Waals surface area contributed by atoms with E-state index in [-0.39, 0.29) is 6.42 Å². The van der Waals surface area contributed by atoms with Crippen molar-refractivity contribution in [1.82, 2.24) is 0 Å². The summed E-state index contributed by atoms with van der Waals surface area (Å²) in [5.74, 6) is 0.0929. The van der Waals surface area contributed by atoms with E-state index in [9.17, 15) is 13.2 Å². The molecule has 0 aliphatic rings. The smallest absolute Gasteiger partial charge is 0.248 e. The van der Waals surface area contributed by atoms with Crippen molar-refractivity contribution in [2.45, 2.75) is 19.4 Å². The van der Waals surface area contributed by atoms with E-state index in [1.165, 1.54) is 25.3 Å². The van der Waals surface area contributed by atoms with Gasteiger partial charge in [0, 0.05) is 15.7 Å². The van der Waals surface area contributed by atoms with E-state index in [0.717, 1.165) is 10.6 Å². The number of halogens is 2. The summed E-state index contributed by atoms with van der Waals surface area (Å²) in [5, 5.41) is 3.40. The molecule has 2 aromatic carbocycles. The Labute approximate surface area is 169 Å². The standard InChI is InChI=1S/C18H20Cl2N2O4S/c1-4-17(18(23)21-14-10-12(19)9-13(20)11-14)22(27(3,24)25)15-5-7-16(26-2)8-6-15/h5-11,17H,4H2,1-3H3,(H,21,23)/t17-/m1/s1. The highest BCUT2D eigenvalue weighted by Crippen LogP contribution is 2.27. The lowest BCUT2D eigenvalue weighted by Crippen LogP contribution is -2.47. The average molecular weight is 431 g/mol. The van der Waals surface area contributed by atoms with Gasteiger partial charge in [-0.25, -0.2) is 8.42 Å². The molecule has 0 spiro atoms. The van der Waals surface area contributed by atoms with Crippen LogP contribution in [0.2, 0.25) is 10.0 Å². The number of hydrogen-bond acceptors (Lipinski definition) is 4. The van der Waals surface area contributed by atoms with Crippen molar-refractivity contribution >= 4 is 50.5 Å². The zero-order valence-electron chi connectivity index (χ0n) is 15.1. The van der Waals surface area contributed by atoms with Crippen molar-refractivity contribution in [3.8, 4) is 5.75 Å². The summed E-state index contributed by atoms with van der Waals surface area (Å²) >= 11 is 11.9. The predicted octanol–water partition coefficient (Wildman–Crippen LogP) is 4.19. The molecule has 2 rings (SSSR count). The maximum Gasteiger partial charge on any atom is 0.248 e. The molecule has 146 valence electrons. The number of nitrogens with zero attached hydrogens (tertiary/aromatic N) is 1. The van der Waals surface area contributed by atoms with Gasteiger partial charge in [-0.05, 0) is 48.9 Å². The topological polar surface area (TPSA) is 75.7 Å². The second-order valence-electron chi connectivity index (χ2n) is 5.83. The van der Waals surface area contributed by atoms with Gasteiger partial charge in [-0.2, -0.15) is 0 Å². The highest BCUT2D eigenvalue weighted by molar-refractivity contribution is 7.92. The third-order valence-electron chi connectivity index (χ3n) is 3.79. The minimum atomic E-state index is -3.72. The first kappa shape index (κ1) is 21.3. The number of carbonyl (C=O) groups is 1. The Morgan fingerprint density at radius 3 is 2.15 bits per heavy atom. The van der Waals surface area contributed by atoms with Crippen LogP contribution in [0.5, 0.6) is 5.75 Å². The number of nitrogens with one attached hydrogen (secondary N) is 1. The molecule has 27 heavy (non-hydrogen) atoms. The molecule has 0 heterocycles. The Morgan fingerprint density at radius 2 is 1.70 bits per heavy atom. The lowest BCUT2D eigenvalue weighted by atomic mass is 10.1. The van der Waals surface area contributed by atoms with Gasteiger partial charge in [0.05, 0.1) is 19.1 Å². The van der Waals surface area contributed by atoms with Gasteiger partial charge < -0.3 is 10.1 Å². The quantitative estimate of drug-likeness (QED) is 0.714. The van der Waals surface area contributed by atoms with Gasteiger partial charge in [-0.1, -0.05) is 30.1 Å². The van der Waals surface area contributed by atoms with E-state index in [2.05, 4.69) is 5.32 Å². The monoisotopic (exact) mass is 430 g/mol. The van der Waals surface area contributed by atoms with Crippen LogP contribution in [0, 0.1) is 0 Å². The summed E-state index contributed by atoms with van der Waals surface area (Å²) in [5.41, 5.74) is 0.753. The van der Waals surface area contributed by atoms with E-state index < -0.39 is 22.0 Å². The molecule has 1 N–H and O–H groups in total. The van der Waals surface area contributed by atoms with E-state index >= 15 is 0 Å². The highest BCUT2D eigenvalue weighted by atomic mass is 35.5. The summed E-state index contributed by atoms with van der Waals surface area (Å²) in [6.45, 7) is 1.73. The van der Waals surface area contributed by atoms with Gasteiger partial charge in [0.2, 0.25) is 15.9 Å². The number of ether oxygens (including phenoxy) is 1. The third-order valence-corrected chi connectivity index (χ3v) is 5.40. The van der Waals surface area contributed by atoms with Crippen molar-refractivity contribution in [2.75, 3.05) is 23.0 Å². The highest BCUT2D eigenvalue weighted by Gasteiger charge is 2.31. The molecule has 0 radical (unpaired) electrons. The molecule has 6 nitrogen and oxygen atoms in total. The van der Waals surface area contributed by atoms with Crippen LogP contribution in [-0.4, -0.2) is 33.7 Å². The number of sulfonamides is 1. The van der Waals surface area contributed by atoms with Crippen molar-refractivity contribution in [3.63, 3.8) is 0 Å². The molecule has 0 fully saturated rings. The third kappa shape index (κ3) is 5.51. The maximum atomic E-state index is 12.8. The summed E-state index contributed by atoms with van der Waals surface area (Å²) < 4.78 is 31.0. The van der Waals surface area contributed by atoms with Crippen LogP contribution >= 0.6 is 23.2 Å². The van der Waals surface area contributed by atoms with Gasteiger partial charge in [0.1, 0.15) is 11.8 Å². The number of anilines is 2. The van der Waals surface area contributed by atoms with Crippen LogP contribution in [0.4, 0.5) is 11.4 Å². The van der Waals surface area contributed by atoms with Gasteiger partial charge in [0.15, 0.2) is 0 Å². The van der Waals surface area contributed by atoms with Gasteiger partial charge in [-0.3, -0.25) is 9.10 Å². The minimum absolute atomic E-state index is 0.263. The fourth-order valence-electron chi connectivity index (χ4n) is 2.64. The fourth-order valence-corrected chi connectivity index (χ4v) is 4.38. The molecule has 1 amide bonds. The molecule has 0 aliphatic heterocycles. The molecular formula is C18H20Cl2N2O4S.